The topological polar surface area (TPSA) is 58.4 Å². The quantitative estimate of drug-likeness (QED) is 0.754. The van der Waals surface area contributed by atoms with Crippen LogP contribution in [0, 0.1) is 11.3 Å². The molecule has 0 aromatic carbocycles. The van der Waals surface area contributed by atoms with Crippen molar-refractivity contribution in [3.05, 3.63) is 0 Å². The molecule has 2 heterocycles. The van der Waals surface area contributed by atoms with Crippen molar-refractivity contribution in [3.63, 3.8) is 0 Å². The number of rotatable bonds is 4. The molecule has 98 valence electrons. The first-order valence-electron chi connectivity index (χ1n) is 6.75. The van der Waals surface area contributed by atoms with Gasteiger partial charge in [-0.3, -0.25) is 9.69 Å². The molecule has 2 rings (SSSR count). The Balaban J connectivity index is 1.90. The van der Waals surface area contributed by atoms with Crippen LogP contribution in [0.1, 0.15) is 33.1 Å². The summed E-state index contributed by atoms with van der Waals surface area (Å²) in [5.74, 6) is 0.502. The maximum Gasteiger partial charge on any atom is 0.224 e. The van der Waals surface area contributed by atoms with Crippen molar-refractivity contribution in [3.8, 4) is 0 Å². The number of likely N-dealkylation sites (tertiary alicyclic amines) is 1. The fourth-order valence-electron chi connectivity index (χ4n) is 2.87. The smallest absolute Gasteiger partial charge is 0.224 e. The number of hydrogen-bond donors (Lipinski definition) is 2. The van der Waals surface area contributed by atoms with Crippen LogP contribution in [-0.4, -0.2) is 43.0 Å². The zero-order valence-corrected chi connectivity index (χ0v) is 11.0. The predicted molar refractivity (Wildman–Crippen MR) is 68.5 cm³/mol. The van der Waals surface area contributed by atoms with E-state index < -0.39 is 0 Å². The molecule has 2 fully saturated rings. The Bertz CT molecular complexity index is 290. The van der Waals surface area contributed by atoms with Crippen molar-refractivity contribution < 1.29 is 4.79 Å². The summed E-state index contributed by atoms with van der Waals surface area (Å²) in [5, 5.41) is 3.00. The van der Waals surface area contributed by atoms with Gasteiger partial charge in [-0.25, -0.2) is 0 Å². The van der Waals surface area contributed by atoms with Gasteiger partial charge in [-0.15, -0.1) is 0 Å². The Hall–Kier alpha value is -0.610. The minimum atomic E-state index is 0.211. The Morgan fingerprint density at radius 2 is 2.29 bits per heavy atom. The number of hydrogen-bond acceptors (Lipinski definition) is 3. The molecule has 2 aliphatic rings. The zero-order valence-electron chi connectivity index (χ0n) is 11.0. The third kappa shape index (κ3) is 2.80. The van der Waals surface area contributed by atoms with Gasteiger partial charge in [0, 0.05) is 12.6 Å². The van der Waals surface area contributed by atoms with Crippen molar-refractivity contribution in [2.75, 3.05) is 26.2 Å². The van der Waals surface area contributed by atoms with Crippen LogP contribution < -0.4 is 11.1 Å². The summed E-state index contributed by atoms with van der Waals surface area (Å²) in [6, 6.07) is 0.435. The highest BCUT2D eigenvalue weighted by molar-refractivity contribution is 5.82. The Labute approximate surface area is 104 Å². The van der Waals surface area contributed by atoms with E-state index in [-0.39, 0.29) is 17.2 Å². The minimum Gasteiger partial charge on any atom is -0.354 e. The van der Waals surface area contributed by atoms with Gasteiger partial charge in [-0.2, -0.15) is 0 Å². The Kier molecular flexibility index (Phi) is 3.73. The monoisotopic (exact) mass is 239 g/mol. The first-order chi connectivity index (χ1) is 8.03. The Morgan fingerprint density at radius 1 is 1.53 bits per heavy atom. The lowest BCUT2D eigenvalue weighted by molar-refractivity contribution is -0.124. The van der Waals surface area contributed by atoms with Gasteiger partial charge >= 0.3 is 0 Å². The summed E-state index contributed by atoms with van der Waals surface area (Å²) in [7, 11) is 0. The predicted octanol–water partition coefficient (Wildman–Crippen LogP) is 0.572. The lowest BCUT2D eigenvalue weighted by atomic mass is 9.87. The van der Waals surface area contributed by atoms with E-state index in [2.05, 4.69) is 24.1 Å². The highest BCUT2D eigenvalue weighted by atomic mass is 16.2. The number of amides is 1. The van der Waals surface area contributed by atoms with E-state index in [0.29, 0.717) is 6.04 Å². The molecule has 0 radical (unpaired) electrons. The summed E-state index contributed by atoms with van der Waals surface area (Å²) in [5.41, 5.74) is 5.98. The summed E-state index contributed by atoms with van der Waals surface area (Å²) in [6.45, 7) is 8.20. The standard InChI is InChI=1S/C13H25N3O/c1-13(2,9-14)5-7-16-6-3-4-10-11(16)8-15-12(10)17/h10-11H,3-9,14H2,1-2H3,(H,15,17). The molecule has 0 saturated carbocycles. The van der Waals surface area contributed by atoms with Crippen LogP contribution >= 0.6 is 0 Å². The van der Waals surface area contributed by atoms with Crippen LogP contribution in [0.3, 0.4) is 0 Å². The molecule has 4 heteroatoms. The molecule has 17 heavy (non-hydrogen) atoms. The molecular weight excluding hydrogens is 214 g/mol. The van der Waals surface area contributed by atoms with Crippen LogP contribution in [0.25, 0.3) is 0 Å². The van der Waals surface area contributed by atoms with E-state index in [1.54, 1.807) is 0 Å². The van der Waals surface area contributed by atoms with Gasteiger partial charge < -0.3 is 11.1 Å². The molecule has 0 bridgehead atoms. The number of nitrogens with one attached hydrogen (secondary N) is 1. The molecule has 3 N–H and O–H groups in total. The van der Waals surface area contributed by atoms with Crippen molar-refractivity contribution in [1.29, 1.82) is 0 Å². The van der Waals surface area contributed by atoms with E-state index in [9.17, 15) is 4.79 Å². The van der Waals surface area contributed by atoms with Gasteiger partial charge in [0.05, 0.1) is 5.92 Å². The second kappa shape index (κ2) is 4.94. The third-order valence-electron chi connectivity index (χ3n) is 4.34. The number of piperidine rings is 1. The first-order valence-corrected chi connectivity index (χ1v) is 6.75. The molecular formula is C13H25N3O. The lowest BCUT2D eigenvalue weighted by Gasteiger charge is -2.37. The average Bonchev–Trinajstić information content (AvgIpc) is 2.70. The molecule has 2 aliphatic heterocycles. The normalized spacial score (nSPS) is 30.2. The van der Waals surface area contributed by atoms with E-state index >= 15 is 0 Å². The molecule has 2 unspecified atom stereocenters. The van der Waals surface area contributed by atoms with Gasteiger partial charge in [-0.05, 0) is 44.3 Å². The van der Waals surface area contributed by atoms with E-state index in [4.69, 9.17) is 5.73 Å². The van der Waals surface area contributed by atoms with Gasteiger partial charge in [0.15, 0.2) is 0 Å². The van der Waals surface area contributed by atoms with Crippen molar-refractivity contribution in [2.45, 2.75) is 39.2 Å². The molecule has 2 saturated heterocycles. The molecule has 2 atom stereocenters. The van der Waals surface area contributed by atoms with Gasteiger partial charge in [0.2, 0.25) is 5.91 Å². The second-order valence-electron chi connectivity index (χ2n) is 6.22. The maximum atomic E-state index is 11.7. The van der Waals surface area contributed by atoms with E-state index in [0.717, 1.165) is 45.4 Å². The molecule has 0 aromatic heterocycles. The zero-order chi connectivity index (χ0) is 12.5. The molecule has 0 spiro atoms. The summed E-state index contributed by atoms with van der Waals surface area (Å²) in [4.78, 5) is 14.1. The third-order valence-corrected chi connectivity index (χ3v) is 4.34. The van der Waals surface area contributed by atoms with E-state index in [1.807, 2.05) is 0 Å². The highest BCUT2D eigenvalue weighted by Gasteiger charge is 2.40. The number of carbonyl (C=O) groups is 1. The van der Waals surface area contributed by atoms with Crippen LogP contribution in [0.5, 0.6) is 0 Å². The number of fused-ring (bicyclic) bond motifs is 1. The van der Waals surface area contributed by atoms with Crippen LogP contribution in [0.15, 0.2) is 0 Å². The maximum absolute atomic E-state index is 11.7. The van der Waals surface area contributed by atoms with Crippen LogP contribution in [-0.2, 0) is 4.79 Å². The summed E-state index contributed by atoms with van der Waals surface area (Å²) < 4.78 is 0. The fourth-order valence-corrected chi connectivity index (χ4v) is 2.87. The SMILES string of the molecule is CC(C)(CN)CCN1CCCC2C(=O)NCC21. The van der Waals surface area contributed by atoms with Crippen molar-refractivity contribution >= 4 is 5.91 Å². The summed E-state index contributed by atoms with van der Waals surface area (Å²) >= 11 is 0. The fraction of sp³-hybridized carbons (Fsp3) is 0.923. The molecule has 0 aromatic rings. The van der Waals surface area contributed by atoms with Crippen molar-refractivity contribution in [2.24, 2.45) is 17.1 Å². The van der Waals surface area contributed by atoms with Gasteiger partial charge in [0.1, 0.15) is 0 Å². The average molecular weight is 239 g/mol. The molecule has 0 aliphatic carbocycles. The van der Waals surface area contributed by atoms with Crippen LogP contribution in [0.4, 0.5) is 0 Å². The lowest BCUT2D eigenvalue weighted by Crippen LogP contribution is -2.47. The Morgan fingerprint density at radius 3 is 3.00 bits per heavy atom. The number of nitrogens with zero attached hydrogens (tertiary/aromatic N) is 1. The van der Waals surface area contributed by atoms with Gasteiger partial charge in [-0.1, -0.05) is 13.8 Å². The number of nitrogens with two attached hydrogens (primary N) is 1. The van der Waals surface area contributed by atoms with E-state index in [1.165, 1.54) is 0 Å². The minimum absolute atomic E-state index is 0.211. The molecule has 1 amide bonds. The molecule has 4 nitrogen and oxygen atoms in total. The largest absolute Gasteiger partial charge is 0.354 e. The first kappa shape index (κ1) is 12.8. The second-order valence-corrected chi connectivity index (χ2v) is 6.22. The van der Waals surface area contributed by atoms with Gasteiger partial charge in [0.25, 0.3) is 0 Å². The number of carbonyl (C=O) groups excluding carboxylic acids is 1. The van der Waals surface area contributed by atoms with Crippen molar-refractivity contribution in [1.82, 2.24) is 10.2 Å². The van der Waals surface area contributed by atoms with Crippen LogP contribution in [0.2, 0.25) is 0 Å². The highest BCUT2D eigenvalue weighted by Crippen LogP contribution is 2.29. The summed E-state index contributed by atoms with van der Waals surface area (Å²) in [6.07, 6.45) is 3.33.